The van der Waals surface area contributed by atoms with Crippen molar-refractivity contribution in [1.29, 1.82) is 0 Å². The first kappa shape index (κ1) is 22.8. The molecule has 1 aromatic carbocycles. The summed E-state index contributed by atoms with van der Waals surface area (Å²) < 4.78 is 19.6. The van der Waals surface area contributed by atoms with Crippen molar-refractivity contribution in [2.75, 3.05) is 26.2 Å². The third kappa shape index (κ3) is 5.88. The molecule has 1 aliphatic heterocycles. The number of ether oxygens (including phenoxy) is 1. The number of benzene rings is 1. The average molecular weight is 445 g/mol. The van der Waals surface area contributed by atoms with Crippen molar-refractivity contribution >= 4 is 6.03 Å². The Kier molecular flexibility index (Phi) is 6.55. The second-order valence-electron chi connectivity index (χ2n) is 9.53. The van der Waals surface area contributed by atoms with E-state index in [9.17, 15) is 14.3 Å². The molecule has 2 saturated carbocycles. The van der Waals surface area contributed by atoms with Crippen LogP contribution in [-0.4, -0.2) is 47.9 Å². The van der Waals surface area contributed by atoms with Gasteiger partial charge in [0, 0.05) is 18.8 Å². The van der Waals surface area contributed by atoms with Crippen LogP contribution < -0.4 is 20.9 Å². The van der Waals surface area contributed by atoms with Gasteiger partial charge in [-0.05, 0) is 69.2 Å². The van der Waals surface area contributed by atoms with E-state index >= 15 is 0 Å². The second-order valence-corrected chi connectivity index (χ2v) is 9.53. The van der Waals surface area contributed by atoms with Gasteiger partial charge in [-0.25, -0.2) is 14.6 Å². The van der Waals surface area contributed by atoms with Crippen LogP contribution in [0.4, 0.5) is 9.18 Å². The van der Waals surface area contributed by atoms with Gasteiger partial charge in [0.2, 0.25) is 0 Å². The maximum absolute atomic E-state index is 14.1. The minimum absolute atomic E-state index is 0.00952. The molecule has 4 rings (SSSR count). The molecular formula is C24H33FN4O3. The molecule has 2 aliphatic carbocycles. The predicted octanol–water partition coefficient (Wildman–Crippen LogP) is 3.08. The molecule has 2 amide bonds. The Labute approximate surface area is 188 Å². The Bertz CT molecular complexity index is 912. The summed E-state index contributed by atoms with van der Waals surface area (Å²) in [5.41, 5.74) is 8.85. The Morgan fingerprint density at radius 1 is 1.31 bits per heavy atom. The Balaban J connectivity index is 1.19. The fourth-order valence-electron chi connectivity index (χ4n) is 3.71. The number of aliphatic hydroxyl groups is 1. The number of nitrogens with zero attached hydrogens (tertiary/aromatic N) is 1. The molecule has 8 heteroatoms. The normalized spacial score (nSPS) is 19.6. The van der Waals surface area contributed by atoms with Gasteiger partial charge < -0.3 is 20.1 Å². The van der Waals surface area contributed by atoms with Gasteiger partial charge in [0.05, 0.1) is 17.7 Å². The summed E-state index contributed by atoms with van der Waals surface area (Å²) in [6.07, 6.45) is 9.07. The van der Waals surface area contributed by atoms with Gasteiger partial charge in [-0.3, -0.25) is 5.43 Å². The van der Waals surface area contributed by atoms with Crippen molar-refractivity contribution in [1.82, 2.24) is 21.1 Å². The number of halogens is 1. The first-order valence-electron chi connectivity index (χ1n) is 11.3. The van der Waals surface area contributed by atoms with Gasteiger partial charge in [-0.1, -0.05) is 18.2 Å². The van der Waals surface area contributed by atoms with Crippen molar-refractivity contribution in [3.63, 3.8) is 0 Å². The molecule has 0 unspecified atom stereocenters. The molecule has 3 aliphatic rings. The van der Waals surface area contributed by atoms with E-state index in [1.807, 2.05) is 11.0 Å². The molecule has 0 bridgehead atoms. The topological polar surface area (TPSA) is 85.9 Å². The van der Waals surface area contributed by atoms with Crippen molar-refractivity contribution in [3.05, 3.63) is 53.0 Å². The maximum atomic E-state index is 14.1. The molecule has 0 atom stereocenters. The predicted molar refractivity (Wildman–Crippen MR) is 120 cm³/mol. The second kappa shape index (κ2) is 9.21. The van der Waals surface area contributed by atoms with Crippen LogP contribution in [0.1, 0.15) is 51.5 Å². The minimum atomic E-state index is -1.03. The molecule has 0 aromatic heterocycles. The lowest BCUT2D eigenvalue weighted by Crippen LogP contribution is -2.41. The number of amides is 2. The quantitative estimate of drug-likeness (QED) is 0.239. The molecule has 174 valence electrons. The zero-order chi connectivity index (χ0) is 22.8. The van der Waals surface area contributed by atoms with Crippen LogP contribution >= 0.6 is 0 Å². The maximum Gasteiger partial charge on any atom is 0.322 e. The lowest BCUT2D eigenvalue weighted by Gasteiger charge is -2.21. The highest BCUT2D eigenvalue weighted by atomic mass is 19.1. The number of carbonyl (C=O) groups excluding carboxylic acids is 1. The van der Waals surface area contributed by atoms with Crippen LogP contribution in [0.15, 0.2) is 41.6 Å². The summed E-state index contributed by atoms with van der Waals surface area (Å²) in [5, 5.41) is 12.8. The van der Waals surface area contributed by atoms with Crippen molar-refractivity contribution in [2.45, 2.75) is 57.1 Å². The standard InChI is InChI=1S/C24H33FN4O3/c1-23(2,31)16-32-21-14-18(8-9-19(21)25)24(10-11-24)28-26-12-4-3-5-13-29-15-20(17-6-7-17)27-22(29)30/h3,5,8-9,14,26,28,31H,4,6-7,10-13,15-16H2,1-2H3,(H,27,30)/b5-3+. The Morgan fingerprint density at radius 2 is 2.09 bits per heavy atom. The number of urea groups is 1. The fraction of sp³-hybridized carbons (Fsp3) is 0.542. The van der Waals surface area contributed by atoms with E-state index in [0.717, 1.165) is 49.9 Å². The van der Waals surface area contributed by atoms with E-state index in [4.69, 9.17) is 4.74 Å². The SMILES string of the molecule is CC(C)(O)COc1cc(C2(NNCC/C=C/CN3CC(=C4CC4)NC3=O)CC2)ccc1F. The monoisotopic (exact) mass is 444 g/mol. The zero-order valence-corrected chi connectivity index (χ0v) is 18.8. The minimum Gasteiger partial charge on any atom is -0.488 e. The van der Waals surface area contributed by atoms with Gasteiger partial charge >= 0.3 is 6.03 Å². The van der Waals surface area contributed by atoms with Gasteiger partial charge in [0.1, 0.15) is 6.61 Å². The number of hydrogen-bond donors (Lipinski definition) is 4. The number of hydrazine groups is 1. The highest BCUT2D eigenvalue weighted by Gasteiger charge is 2.44. The van der Waals surface area contributed by atoms with Crippen molar-refractivity contribution in [3.8, 4) is 5.75 Å². The third-order valence-electron chi connectivity index (χ3n) is 5.89. The summed E-state index contributed by atoms with van der Waals surface area (Å²) in [6.45, 7) is 5.32. The van der Waals surface area contributed by atoms with Crippen LogP contribution in [0, 0.1) is 5.82 Å². The molecular weight excluding hydrogens is 411 g/mol. The number of allylic oxidation sites excluding steroid dienone is 1. The van der Waals surface area contributed by atoms with Gasteiger partial charge in [-0.15, -0.1) is 0 Å². The van der Waals surface area contributed by atoms with E-state index in [1.165, 1.54) is 11.6 Å². The van der Waals surface area contributed by atoms with Crippen molar-refractivity contribution < 1.29 is 19.0 Å². The lowest BCUT2D eigenvalue weighted by molar-refractivity contribution is 0.0271. The third-order valence-corrected chi connectivity index (χ3v) is 5.89. The van der Waals surface area contributed by atoms with Gasteiger partial charge in [-0.2, -0.15) is 0 Å². The molecule has 4 N–H and O–H groups in total. The van der Waals surface area contributed by atoms with E-state index in [2.05, 4.69) is 22.2 Å². The first-order chi connectivity index (χ1) is 15.3. The van der Waals surface area contributed by atoms with Crippen LogP contribution in [-0.2, 0) is 5.54 Å². The van der Waals surface area contributed by atoms with Crippen LogP contribution in [0.3, 0.4) is 0 Å². The Morgan fingerprint density at radius 3 is 2.78 bits per heavy atom. The lowest BCUT2D eigenvalue weighted by atomic mass is 10.0. The zero-order valence-electron chi connectivity index (χ0n) is 18.8. The summed E-state index contributed by atoms with van der Waals surface area (Å²) in [5.74, 6) is -0.272. The molecule has 1 aromatic rings. The smallest absolute Gasteiger partial charge is 0.322 e. The number of rotatable bonds is 11. The number of hydrogen-bond acceptors (Lipinski definition) is 5. The fourth-order valence-corrected chi connectivity index (χ4v) is 3.71. The first-order valence-corrected chi connectivity index (χ1v) is 11.3. The Hall–Kier alpha value is -2.42. The van der Waals surface area contributed by atoms with Gasteiger partial charge in [0.15, 0.2) is 11.6 Å². The summed E-state index contributed by atoms with van der Waals surface area (Å²) in [7, 11) is 0. The largest absolute Gasteiger partial charge is 0.488 e. The molecule has 1 heterocycles. The average Bonchev–Trinajstić information content (AvgIpc) is 3.66. The van der Waals surface area contributed by atoms with E-state index in [1.54, 1.807) is 26.0 Å². The highest BCUT2D eigenvalue weighted by Crippen LogP contribution is 2.46. The number of nitrogens with one attached hydrogen (secondary N) is 3. The summed E-state index contributed by atoms with van der Waals surface area (Å²) in [6, 6.07) is 4.90. The van der Waals surface area contributed by atoms with E-state index < -0.39 is 11.4 Å². The van der Waals surface area contributed by atoms with E-state index in [0.29, 0.717) is 13.1 Å². The molecule has 0 radical (unpaired) electrons. The molecule has 32 heavy (non-hydrogen) atoms. The van der Waals surface area contributed by atoms with Crippen molar-refractivity contribution in [2.24, 2.45) is 0 Å². The van der Waals surface area contributed by atoms with E-state index in [-0.39, 0.29) is 23.9 Å². The highest BCUT2D eigenvalue weighted by molar-refractivity contribution is 5.80. The van der Waals surface area contributed by atoms with Crippen LogP contribution in [0.2, 0.25) is 0 Å². The molecule has 7 nitrogen and oxygen atoms in total. The van der Waals surface area contributed by atoms with Crippen LogP contribution in [0.5, 0.6) is 5.75 Å². The number of carbonyl (C=O) groups is 1. The van der Waals surface area contributed by atoms with Crippen LogP contribution in [0.25, 0.3) is 0 Å². The molecule has 1 saturated heterocycles. The molecule has 0 spiro atoms. The summed E-state index contributed by atoms with van der Waals surface area (Å²) >= 11 is 0. The van der Waals surface area contributed by atoms with Gasteiger partial charge in [0.25, 0.3) is 0 Å². The summed E-state index contributed by atoms with van der Waals surface area (Å²) in [4.78, 5) is 13.8. The molecule has 3 fully saturated rings.